The lowest BCUT2D eigenvalue weighted by Crippen LogP contribution is -2.29. The topological polar surface area (TPSA) is 12.0 Å². The second kappa shape index (κ2) is 4.14. The van der Waals surface area contributed by atoms with Crippen LogP contribution in [-0.4, -0.2) is 6.54 Å². The van der Waals surface area contributed by atoms with Gasteiger partial charge in [0.1, 0.15) is 0 Å². The van der Waals surface area contributed by atoms with E-state index in [-0.39, 0.29) is 0 Å². The van der Waals surface area contributed by atoms with Crippen LogP contribution in [-0.2, 0) is 12.8 Å². The van der Waals surface area contributed by atoms with Gasteiger partial charge in [-0.3, -0.25) is 0 Å². The van der Waals surface area contributed by atoms with Crippen LogP contribution in [0.5, 0.6) is 0 Å². The SMILES string of the molecule is CCc1ccc2c(c1)CCNC2CC. The maximum absolute atomic E-state index is 3.56. The normalized spacial score (nSPS) is 20.6. The molecule has 0 fully saturated rings. The van der Waals surface area contributed by atoms with E-state index in [4.69, 9.17) is 0 Å². The summed E-state index contributed by atoms with van der Waals surface area (Å²) in [6.45, 7) is 5.61. The van der Waals surface area contributed by atoms with Crippen LogP contribution >= 0.6 is 0 Å². The second-order valence-corrected chi connectivity index (χ2v) is 4.05. The summed E-state index contributed by atoms with van der Waals surface area (Å²) in [5, 5.41) is 3.56. The molecule has 1 unspecified atom stereocenters. The molecule has 0 aliphatic carbocycles. The predicted molar refractivity (Wildman–Crippen MR) is 60.6 cm³/mol. The Morgan fingerprint density at radius 2 is 2.21 bits per heavy atom. The Balaban J connectivity index is 2.35. The van der Waals surface area contributed by atoms with E-state index >= 15 is 0 Å². The lowest BCUT2D eigenvalue weighted by molar-refractivity contribution is 0.492. The number of rotatable bonds is 2. The highest BCUT2D eigenvalue weighted by atomic mass is 14.9. The molecule has 1 nitrogen and oxygen atoms in total. The first-order valence-electron chi connectivity index (χ1n) is 5.70. The van der Waals surface area contributed by atoms with Gasteiger partial charge in [-0.1, -0.05) is 32.0 Å². The summed E-state index contributed by atoms with van der Waals surface area (Å²) >= 11 is 0. The van der Waals surface area contributed by atoms with Crippen molar-refractivity contribution < 1.29 is 0 Å². The third kappa shape index (κ3) is 1.69. The van der Waals surface area contributed by atoms with Crippen LogP contribution < -0.4 is 5.32 Å². The Bertz CT molecular complexity index is 317. The Morgan fingerprint density at radius 3 is 2.93 bits per heavy atom. The molecule has 0 saturated carbocycles. The number of aryl methyl sites for hydroxylation is 1. The van der Waals surface area contributed by atoms with Crippen LogP contribution in [0.1, 0.15) is 43.0 Å². The molecular formula is C13H19N. The van der Waals surface area contributed by atoms with Gasteiger partial charge in [-0.25, -0.2) is 0 Å². The van der Waals surface area contributed by atoms with Gasteiger partial charge in [0.15, 0.2) is 0 Å². The van der Waals surface area contributed by atoms with E-state index < -0.39 is 0 Å². The fourth-order valence-electron chi connectivity index (χ4n) is 2.29. The fraction of sp³-hybridized carbons (Fsp3) is 0.538. The van der Waals surface area contributed by atoms with Gasteiger partial charge in [-0.05, 0) is 42.5 Å². The Morgan fingerprint density at radius 1 is 1.36 bits per heavy atom. The Labute approximate surface area is 86.5 Å². The summed E-state index contributed by atoms with van der Waals surface area (Å²) in [4.78, 5) is 0. The highest BCUT2D eigenvalue weighted by Crippen LogP contribution is 2.26. The standard InChI is InChI=1S/C13H19N/c1-3-10-5-6-12-11(9-10)7-8-14-13(12)4-2/h5-6,9,13-14H,3-4,7-8H2,1-2H3. The minimum absolute atomic E-state index is 0.588. The molecule has 1 aliphatic rings. The molecule has 0 radical (unpaired) electrons. The first-order chi connectivity index (χ1) is 6.85. The lowest BCUT2D eigenvalue weighted by atomic mass is 9.91. The molecule has 1 aromatic rings. The molecule has 2 rings (SSSR count). The molecular weight excluding hydrogens is 170 g/mol. The van der Waals surface area contributed by atoms with Gasteiger partial charge in [0, 0.05) is 6.04 Å². The maximum atomic E-state index is 3.56. The van der Waals surface area contributed by atoms with Gasteiger partial charge in [0.2, 0.25) is 0 Å². The second-order valence-electron chi connectivity index (χ2n) is 4.05. The molecule has 1 heterocycles. The van der Waals surface area contributed by atoms with Crippen LogP contribution in [0, 0.1) is 0 Å². The summed E-state index contributed by atoms with van der Waals surface area (Å²) < 4.78 is 0. The van der Waals surface area contributed by atoms with E-state index in [2.05, 4.69) is 37.4 Å². The van der Waals surface area contributed by atoms with Crippen molar-refractivity contribution in [3.63, 3.8) is 0 Å². The molecule has 0 aromatic heterocycles. The summed E-state index contributed by atoms with van der Waals surface area (Å²) in [6.07, 6.45) is 3.54. The summed E-state index contributed by atoms with van der Waals surface area (Å²) in [6, 6.07) is 7.56. The number of fused-ring (bicyclic) bond motifs is 1. The first-order valence-corrected chi connectivity index (χ1v) is 5.70. The quantitative estimate of drug-likeness (QED) is 0.754. The monoisotopic (exact) mass is 189 g/mol. The van der Waals surface area contributed by atoms with E-state index in [0.717, 1.165) is 13.0 Å². The van der Waals surface area contributed by atoms with Crippen molar-refractivity contribution in [2.24, 2.45) is 0 Å². The smallest absolute Gasteiger partial charge is 0.0320 e. The van der Waals surface area contributed by atoms with Crippen molar-refractivity contribution in [1.29, 1.82) is 0 Å². The molecule has 1 heteroatoms. The number of benzene rings is 1. The van der Waals surface area contributed by atoms with Crippen molar-refractivity contribution >= 4 is 0 Å². The molecule has 1 N–H and O–H groups in total. The Hall–Kier alpha value is -0.820. The largest absolute Gasteiger partial charge is 0.310 e. The van der Waals surface area contributed by atoms with Crippen LogP contribution in [0.4, 0.5) is 0 Å². The summed E-state index contributed by atoms with van der Waals surface area (Å²) in [5.41, 5.74) is 4.56. The zero-order valence-electron chi connectivity index (χ0n) is 9.14. The average molecular weight is 189 g/mol. The first kappa shape index (κ1) is 9.72. The molecule has 0 spiro atoms. The molecule has 0 amide bonds. The van der Waals surface area contributed by atoms with E-state index in [0.29, 0.717) is 6.04 Å². The molecule has 1 aromatic carbocycles. The molecule has 76 valence electrons. The van der Waals surface area contributed by atoms with E-state index in [9.17, 15) is 0 Å². The van der Waals surface area contributed by atoms with Gasteiger partial charge in [0.25, 0.3) is 0 Å². The van der Waals surface area contributed by atoms with Crippen molar-refractivity contribution in [2.75, 3.05) is 6.54 Å². The summed E-state index contributed by atoms with van der Waals surface area (Å²) in [5.74, 6) is 0. The van der Waals surface area contributed by atoms with Gasteiger partial charge in [-0.15, -0.1) is 0 Å². The molecule has 0 bridgehead atoms. The third-order valence-electron chi connectivity index (χ3n) is 3.18. The third-order valence-corrected chi connectivity index (χ3v) is 3.18. The van der Waals surface area contributed by atoms with Crippen molar-refractivity contribution in [1.82, 2.24) is 5.32 Å². The highest BCUT2D eigenvalue weighted by Gasteiger charge is 2.17. The average Bonchev–Trinajstić information content (AvgIpc) is 2.27. The highest BCUT2D eigenvalue weighted by molar-refractivity contribution is 5.36. The molecule has 0 saturated heterocycles. The van der Waals surface area contributed by atoms with Crippen molar-refractivity contribution in [3.05, 3.63) is 34.9 Å². The van der Waals surface area contributed by atoms with Gasteiger partial charge < -0.3 is 5.32 Å². The van der Waals surface area contributed by atoms with E-state index in [1.54, 1.807) is 5.56 Å². The summed E-state index contributed by atoms with van der Waals surface area (Å²) in [7, 11) is 0. The molecule has 1 aliphatic heterocycles. The maximum Gasteiger partial charge on any atom is 0.0320 e. The molecule has 14 heavy (non-hydrogen) atoms. The van der Waals surface area contributed by atoms with Crippen molar-refractivity contribution in [2.45, 2.75) is 39.2 Å². The predicted octanol–water partition coefficient (Wildman–Crippen LogP) is 2.85. The van der Waals surface area contributed by atoms with E-state index in [1.165, 1.54) is 24.0 Å². The van der Waals surface area contributed by atoms with E-state index in [1.807, 2.05) is 0 Å². The molecule has 1 atom stereocenters. The van der Waals surface area contributed by atoms with Crippen LogP contribution in [0.3, 0.4) is 0 Å². The van der Waals surface area contributed by atoms with Gasteiger partial charge in [0.05, 0.1) is 0 Å². The number of nitrogens with one attached hydrogen (secondary N) is 1. The number of hydrogen-bond acceptors (Lipinski definition) is 1. The van der Waals surface area contributed by atoms with Crippen LogP contribution in [0.25, 0.3) is 0 Å². The number of hydrogen-bond donors (Lipinski definition) is 1. The zero-order chi connectivity index (χ0) is 9.97. The lowest BCUT2D eigenvalue weighted by Gasteiger charge is -2.26. The van der Waals surface area contributed by atoms with Crippen molar-refractivity contribution in [3.8, 4) is 0 Å². The van der Waals surface area contributed by atoms with Crippen LogP contribution in [0.2, 0.25) is 0 Å². The zero-order valence-corrected chi connectivity index (χ0v) is 9.14. The Kier molecular flexibility index (Phi) is 2.87. The van der Waals surface area contributed by atoms with Gasteiger partial charge in [-0.2, -0.15) is 0 Å². The fourth-order valence-corrected chi connectivity index (χ4v) is 2.29. The van der Waals surface area contributed by atoms with Gasteiger partial charge >= 0.3 is 0 Å². The minimum Gasteiger partial charge on any atom is -0.310 e. The minimum atomic E-state index is 0.588. The van der Waals surface area contributed by atoms with Crippen LogP contribution in [0.15, 0.2) is 18.2 Å².